The van der Waals surface area contributed by atoms with E-state index in [2.05, 4.69) is 63.0 Å². The van der Waals surface area contributed by atoms with Crippen molar-refractivity contribution in [3.8, 4) is 11.4 Å². The molecule has 0 amide bonds. The lowest BCUT2D eigenvalue weighted by molar-refractivity contribution is 0.656. The predicted molar refractivity (Wildman–Crippen MR) is 88.2 cm³/mol. The van der Waals surface area contributed by atoms with Crippen LogP contribution < -0.4 is 0 Å². The van der Waals surface area contributed by atoms with Gasteiger partial charge in [-0.1, -0.05) is 58.4 Å². The van der Waals surface area contributed by atoms with E-state index in [4.69, 9.17) is 4.98 Å². The Kier molecular flexibility index (Phi) is 4.16. The van der Waals surface area contributed by atoms with Crippen molar-refractivity contribution in [2.24, 2.45) is 0 Å². The van der Waals surface area contributed by atoms with Crippen molar-refractivity contribution in [3.05, 3.63) is 54.6 Å². The maximum atomic E-state index is 4.81. The van der Waals surface area contributed by atoms with Gasteiger partial charge in [-0.05, 0) is 25.0 Å². The lowest BCUT2D eigenvalue weighted by Crippen LogP contribution is -2.01. The first-order valence-electron chi connectivity index (χ1n) is 6.97. The maximum Gasteiger partial charge on any atom is 0.141 e. The highest BCUT2D eigenvalue weighted by atomic mass is 79.9. The molecular weight excluding hydrogens is 312 g/mol. The number of alkyl halides is 1. The van der Waals surface area contributed by atoms with Crippen molar-refractivity contribution in [1.29, 1.82) is 0 Å². The number of fused-ring (bicyclic) bond motifs is 1. The van der Waals surface area contributed by atoms with Crippen LogP contribution in [0.2, 0.25) is 0 Å². The van der Waals surface area contributed by atoms with Gasteiger partial charge in [-0.2, -0.15) is 0 Å². The number of para-hydroxylation sites is 2. The minimum absolute atomic E-state index is 1.01. The van der Waals surface area contributed by atoms with Gasteiger partial charge in [-0.25, -0.2) is 4.98 Å². The van der Waals surface area contributed by atoms with E-state index in [0.29, 0.717) is 0 Å². The number of benzene rings is 2. The van der Waals surface area contributed by atoms with Crippen molar-refractivity contribution in [1.82, 2.24) is 9.55 Å². The molecule has 1 heterocycles. The van der Waals surface area contributed by atoms with Crippen molar-refractivity contribution in [2.75, 3.05) is 5.33 Å². The van der Waals surface area contributed by atoms with Crippen molar-refractivity contribution >= 4 is 27.0 Å². The molecule has 0 bridgehead atoms. The molecule has 0 saturated carbocycles. The van der Waals surface area contributed by atoms with Gasteiger partial charge in [-0.3, -0.25) is 0 Å². The second-order valence-corrected chi connectivity index (χ2v) is 5.63. The second-order valence-electron chi connectivity index (χ2n) is 4.84. The summed E-state index contributed by atoms with van der Waals surface area (Å²) in [4.78, 5) is 4.81. The van der Waals surface area contributed by atoms with Crippen LogP contribution >= 0.6 is 15.9 Å². The Morgan fingerprint density at radius 3 is 2.45 bits per heavy atom. The summed E-state index contributed by atoms with van der Waals surface area (Å²) in [5.41, 5.74) is 3.48. The van der Waals surface area contributed by atoms with E-state index in [0.717, 1.165) is 29.6 Å². The molecule has 102 valence electrons. The summed E-state index contributed by atoms with van der Waals surface area (Å²) in [6.07, 6.45) is 2.34. The van der Waals surface area contributed by atoms with Crippen LogP contribution in [-0.2, 0) is 6.54 Å². The topological polar surface area (TPSA) is 17.8 Å². The highest BCUT2D eigenvalue weighted by Crippen LogP contribution is 2.25. The van der Waals surface area contributed by atoms with Crippen LogP contribution in [0, 0.1) is 0 Å². The first kappa shape index (κ1) is 13.4. The van der Waals surface area contributed by atoms with E-state index in [1.165, 1.54) is 17.5 Å². The average Bonchev–Trinajstić information content (AvgIpc) is 2.87. The molecule has 0 spiro atoms. The monoisotopic (exact) mass is 328 g/mol. The lowest BCUT2D eigenvalue weighted by Gasteiger charge is -2.08. The highest BCUT2D eigenvalue weighted by Gasteiger charge is 2.11. The Morgan fingerprint density at radius 2 is 1.65 bits per heavy atom. The summed E-state index contributed by atoms with van der Waals surface area (Å²) in [7, 11) is 0. The van der Waals surface area contributed by atoms with Gasteiger partial charge in [0.25, 0.3) is 0 Å². The van der Waals surface area contributed by atoms with Crippen LogP contribution in [-0.4, -0.2) is 14.9 Å². The predicted octanol–water partition coefficient (Wildman–Crippen LogP) is 4.88. The Morgan fingerprint density at radius 1 is 0.900 bits per heavy atom. The molecule has 0 saturated heterocycles. The van der Waals surface area contributed by atoms with Crippen molar-refractivity contribution < 1.29 is 0 Å². The SMILES string of the molecule is BrCCCCn1c(-c2ccccc2)nc2ccccc21. The third kappa shape index (κ3) is 2.63. The zero-order valence-corrected chi connectivity index (χ0v) is 12.9. The van der Waals surface area contributed by atoms with Crippen LogP contribution in [0.4, 0.5) is 0 Å². The summed E-state index contributed by atoms with van der Waals surface area (Å²) in [6, 6.07) is 18.8. The standard InChI is InChI=1S/C17H17BrN2/c18-12-6-7-13-20-16-11-5-4-10-15(16)19-17(20)14-8-2-1-3-9-14/h1-5,8-11H,6-7,12-13H2. The average molecular weight is 329 g/mol. The van der Waals surface area contributed by atoms with Crippen LogP contribution in [0.5, 0.6) is 0 Å². The lowest BCUT2D eigenvalue weighted by atomic mass is 10.2. The molecule has 0 aliphatic heterocycles. The van der Waals surface area contributed by atoms with Gasteiger partial charge in [0.05, 0.1) is 11.0 Å². The largest absolute Gasteiger partial charge is 0.324 e. The summed E-state index contributed by atoms with van der Waals surface area (Å²) >= 11 is 3.50. The Labute approximate surface area is 127 Å². The van der Waals surface area contributed by atoms with Gasteiger partial charge < -0.3 is 4.57 Å². The number of unbranched alkanes of at least 4 members (excludes halogenated alkanes) is 1. The fraction of sp³-hybridized carbons (Fsp3) is 0.235. The molecule has 3 rings (SSSR count). The van der Waals surface area contributed by atoms with Gasteiger partial charge in [-0.15, -0.1) is 0 Å². The zero-order valence-electron chi connectivity index (χ0n) is 11.3. The van der Waals surface area contributed by atoms with Gasteiger partial charge in [0.15, 0.2) is 0 Å². The molecule has 3 heteroatoms. The number of halogens is 1. The third-order valence-corrected chi connectivity index (χ3v) is 4.01. The molecule has 3 aromatic rings. The number of hydrogen-bond acceptors (Lipinski definition) is 1. The first-order chi connectivity index (χ1) is 9.90. The van der Waals surface area contributed by atoms with E-state index in [1.54, 1.807) is 0 Å². The van der Waals surface area contributed by atoms with E-state index in [1.807, 2.05) is 12.1 Å². The molecule has 2 nitrogen and oxygen atoms in total. The molecule has 0 N–H and O–H groups in total. The summed E-state index contributed by atoms with van der Waals surface area (Å²) < 4.78 is 2.34. The van der Waals surface area contributed by atoms with E-state index >= 15 is 0 Å². The van der Waals surface area contributed by atoms with Gasteiger partial charge in [0.1, 0.15) is 5.82 Å². The molecule has 0 fully saturated rings. The zero-order chi connectivity index (χ0) is 13.8. The molecule has 0 unspecified atom stereocenters. The normalized spacial score (nSPS) is 11.1. The highest BCUT2D eigenvalue weighted by molar-refractivity contribution is 9.09. The van der Waals surface area contributed by atoms with E-state index in [9.17, 15) is 0 Å². The molecule has 1 aromatic heterocycles. The molecule has 2 aromatic carbocycles. The number of imidazole rings is 1. The molecular formula is C17H17BrN2. The number of aryl methyl sites for hydroxylation is 1. The molecule has 0 aliphatic rings. The number of nitrogens with zero attached hydrogens (tertiary/aromatic N) is 2. The van der Waals surface area contributed by atoms with Crippen molar-refractivity contribution in [2.45, 2.75) is 19.4 Å². The number of rotatable bonds is 5. The minimum Gasteiger partial charge on any atom is -0.324 e. The van der Waals surface area contributed by atoms with Crippen LogP contribution in [0.3, 0.4) is 0 Å². The summed E-state index contributed by atoms with van der Waals surface area (Å²) in [5.74, 6) is 1.07. The first-order valence-corrected chi connectivity index (χ1v) is 8.09. The van der Waals surface area contributed by atoms with Crippen molar-refractivity contribution in [3.63, 3.8) is 0 Å². The smallest absolute Gasteiger partial charge is 0.141 e. The van der Waals surface area contributed by atoms with Crippen LogP contribution in [0.15, 0.2) is 54.6 Å². The van der Waals surface area contributed by atoms with Gasteiger partial charge in [0, 0.05) is 17.4 Å². The summed E-state index contributed by atoms with van der Waals surface area (Å²) in [5, 5.41) is 1.06. The van der Waals surface area contributed by atoms with Gasteiger partial charge in [0.2, 0.25) is 0 Å². The van der Waals surface area contributed by atoms with E-state index < -0.39 is 0 Å². The Hall–Kier alpha value is -1.61. The Bertz CT molecular complexity index is 689. The summed E-state index contributed by atoms with van der Waals surface area (Å²) in [6.45, 7) is 1.01. The van der Waals surface area contributed by atoms with Gasteiger partial charge >= 0.3 is 0 Å². The molecule has 0 atom stereocenters. The Balaban J connectivity index is 2.08. The number of hydrogen-bond donors (Lipinski definition) is 0. The fourth-order valence-corrected chi connectivity index (χ4v) is 2.87. The van der Waals surface area contributed by atoms with Crippen LogP contribution in [0.25, 0.3) is 22.4 Å². The molecule has 0 aliphatic carbocycles. The number of aromatic nitrogens is 2. The molecule has 20 heavy (non-hydrogen) atoms. The quantitative estimate of drug-likeness (QED) is 0.482. The fourth-order valence-electron chi connectivity index (χ4n) is 2.47. The third-order valence-electron chi connectivity index (χ3n) is 3.45. The minimum atomic E-state index is 1.01. The molecule has 0 radical (unpaired) electrons. The second kappa shape index (κ2) is 6.23. The maximum absolute atomic E-state index is 4.81. The van der Waals surface area contributed by atoms with Crippen LogP contribution in [0.1, 0.15) is 12.8 Å². The van der Waals surface area contributed by atoms with E-state index in [-0.39, 0.29) is 0 Å².